The fourth-order valence-electron chi connectivity index (χ4n) is 4.79. The quantitative estimate of drug-likeness (QED) is 0.800. The molecule has 1 aliphatic heterocycles. The van der Waals surface area contributed by atoms with E-state index < -0.39 is 0 Å². The largest absolute Gasteiger partial charge is 0.356 e. The van der Waals surface area contributed by atoms with Crippen LogP contribution in [-0.4, -0.2) is 35.0 Å². The molecule has 1 saturated carbocycles. The van der Waals surface area contributed by atoms with Crippen LogP contribution < -0.4 is 10.2 Å². The molecule has 1 amide bonds. The molecule has 2 aromatic rings. The van der Waals surface area contributed by atoms with Crippen LogP contribution in [0.1, 0.15) is 73.4 Å². The normalized spacial score (nSPS) is 25.9. The second-order valence-corrected chi connectivity index (χ2v) is 9.72. The monoisotopic (exact) mass is 400 g/mol. The number of rotatable bonds is 3. The van der Waals surface area contributed by atoms with Crippen molar-refractivity contribution in [1.29, 1.82) is 0 Å². The number of nitrogens with one attached hydrogen (secondary N) is 1. The topological polar surface area (TPSA) is 58.1 Å². The summed E-state index contributed by atoms with van der Waals surface area (Å²) in [7, 11) is 0. The molecule has 4 rings (SSSR count). The Labute approximate surface area is 171 Å². The van der Waals surface area contributed by atoms with Crippen LogP contribution in [0.3, 0.4) is 0 Å². The Bertz CT molecular complexity index is 871. The standard InChI is InChI=1S/C22H32N4OS/c1-13-9-8-10-17(14(13)2)25-21(27)19-15(3)18-20(26-11-6-5-7-12-26)23-16(4)24-22(18)28-19/h13-14,17H,5-12H2,1-4H3,(H,25,27)/t13-,14-,17+/m0/s1. The highest BCUT2D eigenvalue weighted by Crippen LogP contribution is 2.37. The second kappa shape index (κ2) is 7.97. The minimum Gasteiger partial charge on any atom is -0.356 e. The number of aryl methyl sites for hydroxylation is 2. The van der Waals surface area contributed by atoms with Gasteiger partial charge in [-0.2, -0.15) is 0 Å². The average molecular weight is 401 g/mol. The lowest BCUT2D eigenvalue weighted by atomic mass is 9.78. The molecule has 0 radical (unpaired) electrons. The molecular weight excluding hydrogens is 368 g/mol. The Kier molecular flexibility index (Phi) is 5.59. The number of carbonyl (C=O) groups excluding carboxylic acids is 1. The minimum atomic E-state index is 0.0636. The highest BCUT2D eigenvalue weighted by Gasteiger charge is 2.30. The van der Waals surface area contributed by atoms with Gasteiger partial charge in [0.25, 0.3) is 5.91 Å². The van der Waals surface area contributed by atoms with Gasteiger partial charge in [0.1, 0.15) is 16.5 Å². The summed E-state index contributed by atoms with van der Waals surface area (Å²) in [5.74, 6) is 3.07. The number of aromatic nitrogens is 2. The third kappa shape index (κ3) is 3.63. The van der Waals surface area contributed by atoms with Crippen molar-refractivity contribution < 1.29 is 4.79 Å². The van der Waals surface area contributed by atoms with Crippen LogP contribution >= 0.6 is 11.3 Å². The van der Waals surface area contributed by atoms with E-state index in [1.54, 1.807) is 0 Å². The number of fused-ring (bicyclic) bond motifs is 1. The first-order valence-electron chi connectivity index (χ1n) is 10.8. The summed E-state index contributed by atoms with van der Waals surface area (Å²) in [5.41, 5.74) is 1.04. The third-order valence-electron chi connectivity index (χ3n) is 6.77. The number of hydrogen-bond donors (Lipinski definition) is 1. The number of amides is 1. The Hall–Kier alpha value is -1.69. The van der Waals surface area contributed by atoms with Crippen LogP contribution in [-0.2, 0) is 0 Å². The maximum absolute atomic E-state index is 13.2. The van der Waals surface area contributed by atoms with Crippen LogP contribution in [0, 0.1) is 25.7 Å². The SMILES string of the molecule is Cc1nc(N2CCCCC2)c2c(C)c(C(=O)N[C@@H]3CCC[C@H](C)[C@@H]3C)sc2n1. The summed E-state index contributed by atoms with van der Waals surface area (Å²) in [6, 6.07) is 0.273. The van der Waals surface area contributed by atoms with Gasteiger partial charge in [-0.3, -0.25) is 4.79 Å². The van der Waals surface area contributed by atoms with E-state index in [0.29, 0.717) is 11.8 Å². The van der Waals surface area contributed by atoms with Gasteiger partial charge in [0.15, 0.2) is 0 Å². The van der Waals surface area contributed by atoms with Gasteiger partial charge in [0.05, 0.1) is 10.3 Å². The van der Waals surface area contributed by atoms with Crippen molar-refractivity contribution in [2.75, 3.05) is 18.0 Å². The van der Waals surface area contributed by atoms with Crippen molar-refractivity contribution >= 4 is 33.3 Å². The zero-order valence-electron chi connectivity index (χ0n) is 17.5. The zero-order chi connectivity index (χ0) is 19.8. The lowest BCUT2D eigenvalue weighted by Gasteiger charge is -2.34. The molecular formula is C22H32N4OS. The summed E-state index contributed by atoms with van der Waals surface area (Å²) < 4.78 is 0. The first kappa shape index (κ1) is 19.6. The zero-order valence-corrected chi connectivity index (χ0v) is 18.4. The molecule has 0 bridgehead atoms. The number of hydrogen-bond acceptors (Lipinski definition) is 5. The van der Waals surface area contributed by atoms with E-state index in [1.807, 2.05) is 6.92 Å². The minimum absolute atomic E-state index is 0.0636. The summed E-state index contributed by atoms with van der Waals surface area (Å²) in [6.45, 7) is 10.7. The predicted molar refractivity (Wildman–Crippen MR) is 116 cm³/mol. The molecule has 0 aromatic carbocycles. The maximum Gasteiger partial charge on any atom is 0.261 e. The van der Waals surface area contributed by atoms with Crippen molar-refractivity contribution in [2.45, 2.75) is 72.3 Å². The van der Waals surface area contributed by atoms with E-state index in [2.05, 4.69) is 36.0 Å². The Morgan fingerprint density at radius 1 is 1.07 bits per heavy atom. The molecule has 28 heavy (non-hydrogen) atoms. The number of carbonyl (C=O) groups is 1. The number of thiophene rings is 1. The predicted octanol–water partition coefficient (Wildman–Crippen LogP) is 4.85. The highest BCUT2D eigenvalue weighted by molar-refractivity contribution is 7.20. The van der Waals surface area contributed by atoms with E-state index in [-0.39, 0.29) is 11.9 Å². The third-order valence-corrected chi connectivity index (χ3v) is 7.95. The molecule has 5 nitrogen and oxygen atoms in total. The van der Waals surface area contributed by atoms with Crippen molar-refractivity contribution in [3.8, 4) is 0 Å². The molecule has 152 valence electrons. The van der Waals surface area contributed by atoms with Gasteiger partial charge in [-0.1, -0.05) is 26.7 Å². The van der Waals surface area contributed by atoms with E-state index in [4.69, 9.17) is 4.98 Å². The molecule has 6 heteroatoms. The lowest BCUT2D eigenvalue weighted by Crippen LogP contribution is -2.43. The molecule has 1 saturated heterocycles. The van der Waals surface area contributed by atoms with Gasteiger partial charge in [-0.05, 0) is 56.9 Å². The van der Waals surface area contributed by atoms with Crippen LogP contribution in [0.4, 0.5) is 5.82 Å². The Balaban J connectivity index is 1.66. The first-order chi connectivity index (χ1) is 13.5. The van der Waals surface area contributed by atoms with E-state index in [1.165, 1.54) is 43.4 Å². The molecule has 3 heterocycles. The highest BCUT2D eigenvalue weighted by atomic mass is 32.1. The van der Waals surface area contributed by atoms with E-state index in [9.17, 15) is 4.79 Å². The summed E-state index contributed by atoms with van der Waals surface area (Å²) in [6.07, 6.45) is 7.25. The fourth-order valence-corrected chi connectivity index (χ4v) is 5.92. The lowest BCUT2D eigenvalue weighted by molar-refractivity contribution is 0.0895. The van der Waals surface area contributed by atoms with Crippen molar-refractivity contribution in [3.63, 3.8) is 0 Å². The maximum atomic E-state index is 13.2. The molecule has 2 fully saturated rings. The van der Waals surface area contributed by atoms with Crippen molar-refractivity contribution in [2.24, 2.45) is 11.8 Å². The number of nitrogens with zero attached hydrogens (tertiary/aromatic N) is 3. The van der Waals surface area contributed by atoms with Gasteiger partial charge in [-0.15, -0.1) is 11.3 Å². The summed E-state index contributed by atoms with van der Waals surface area (Å²) in [4.78, 5) is 26.8. The van der Waals surface area contributed by atoms with Crippen molar-refractivity contribution in [3.05, 3.63) is 16.3 Å². The van der Waals surface area contributed by atoms with Crippen molar-refractivity contribution in [1.82, 2.24) is 15.3 Å². The smallest absolute Gasteiger partial charge is 0.261 e. The molecule has 0 spiro atoms. The second-order valence-electron chi connectivity index (χ2n) is 8.73. The first-order valence-corrected chi connectivity index (χ1v) is 11.6. The number of anilines is 1. The molecule has 0 unspecified atom stereocenters. The summed E-state index contributed by atoms with van der Waals surface area (Å²) in [5, 5.41) is 4.42. The van der Waals surface area contributed by atoms with Crippen LogP contribution in [0.15, 0.2) is 0 Å². The van der Waals surface area contributed by atoms with Gasteiger partial charge < -0.3 is 10.2 Å². The average Bonchev–Trinajstić information content (AvgIpc) is 3.02. The Morgan fingerprint density at radius 3 is 2.57 bits per heavy atom. The van der Waals surface area contributed by atoms with Crippen LogP contribution in [0.25, 0.3) is 10.2 Å². The molecule has 3 atom stereocenters. The summed E-state index contributed by atoms with van der Waals surface area (Å²) >= 11 is 1.53. The van der Waals surface area contributed by atoms with Gasteiger partial charge in [-0.25, -0.2) is 9.97 Å². The molecule has 1 N–H and O–H groups in total. The van der Waals surface area contributed by atoms with Crippen LogP contribution in [0.5, 0.6) is 0 Å². The Morgan fingerprint density at radius 2 is 1.82 bits per heavy atom. The molecule has 2 aliphatic rings. The van der Waals surface area contributed by atoms with Gasteiger partial charge >= 0.3 is 0 Å². The van der Waals surface area contributed by atoms with Gasteiger partial charge in [0.2, 0.25) is 0 Å². The van der Waals surface area contributed by atoms with E-state index in [0.717, 1.165) is 51.8 Å². The number of piperidine rings is 1. The molecule has 2 aromatic heterocycles. The van der Waals surface area contributed by atoms with E-state index >= 15 is 0 Å². The fraction of sp³-hybridized carbons (Fsp3) is 0.682. The van der Waals surface area contributed by atoms with Gasteiger partial charge in [0, 0.05) is 19.1 Å². The molecule has 1 aliphatic carbocycles. The van der Waals surface area contributed by atoms with Crippen LogP contribution in [0.2, 0.25) is 0 Å².